The van der Waals surface area contributed by atoms with Gasteiger partial charge in [0.25, 0.3) is 5.78 Å². The zero-order valence-electron chi connectivity index (χ0n) is 29.5. The maximum Gasteiger partial charge on any atom is 0.362 e. The number of benzene rings is 4. The summed E-state index contributed by atoms with van der Waals surface area (Å²) >= 11 is 0. The lowest BCUT2D eigenvalue weighted by Crippen LogP contribution is -2.19. The Balaban J connectivity index is 0.000000295. The van der Waals surface area contributed by atoms with Crippen molar-refractivity contribution in [2.24, 2.45) is 0 Å². The van der Waals surface area contributed by atoms with Crippen molar-refractivity contribution in [2.75, 3.05) is 6.26 Å². The third-order valence-corrected chi connectivity index (χ3v) is 11.2. The van der Waals surface area contributed by atoms with E-state index < -0.39 is 15.6 Å². The van der Waals surface area contributed by atoms with Crippen LogP contribution in [0.1, 0.15) is 109 Å². The first-order valence-corrected chi connectivity index (χ1v) is 17.9. The number of hydrogen-bond donors (Lipinski definition) is 0. The minimum Gasteiger partial charge on any atom is -0.361 e. The first kappa shape index (κ1) is 38.1. The first-order valence-electron chi connectivity index (χ1n) is 16.0. The van der Waals surface area contributed by atoms with Crippen LogP contribution >= 0.6 is 0 Å². The third-order valence-electron chi connectivity index (χ3n) is 10.1. The standard InChI is InChI=1S/C30H38.C11H8N2O3S.CH4/c1-17-11-27(12-18(2)23(17)7)26(10)30(28-13-19(3)24(8)20(4)14-28)29-15-21(5)25(9)22(6)16-29;1-17(15,16)10-4-2-3-8-7(10)5-6-9(13-12)11(8)14;/h11-16,26,30H,1-10H3;2-6H,1H3;1H4. The summed E-state index contributed by atoms with van der Waals surface area (Å²) in [6.45, 7) is 22.6. The molecule has 0 aromatic heterocycles. The van der Waals surface area contributed by atoms with Gasteiger partial charge < -0.3 is 5.53 Å². The Morgan fingerprint density at radius 3 is 1.42 bits per heavy atom. The van der Waals surface area contributed by atoms with Gasteiger partial charge >= 0.3 is 5.71 Å². The maximum atomic E-state index is 11.8. The zero-order chi connectivity index (χ0) is 35.0. The molecule has 0 fully saturated rings. The van der Waals surface area contributed by atoms with Crippen LogP contribution in [0.15, 0.2) is 65.6 Å². The summed E-state index contributed by atoms with van der Waals surface area (Å²) in [7, 11) is -3.40. The maximum absolute atomic E-state index is 11.8. The van der Waals surface area contributed by atoms with E-state index in [1.54, 1.807) is 0 Å². The quantitative estimate of drug-likeness (QED) is 0.157. The van der Waals surface area contributed by atoms with Gasteiger partial charge in [0.1, 0.15) is 0 Å². The van der Waals surface area contributed by atoms with Gasteiger partial charge in [-0.05, 0) is 147 Å². The lowest BCUT2D eigenvalue weighted by Gasteiger charge is -2.29. The second-order valence-corrected chi connectivity index (χ2v) is 15.2. The molecule has 0 radical (unpaired) electrons. The minimum absolute atomic E-state index is 0. The Morgan fingerprint density at radius 2 is 1.04 bits per heavy atom. The summed E-state index contributed by atoms with van der Waals surface area (Å²) in [4.78, 5) is 14.7. The van der Waals surface area contributed by atoms with Crippen LogP contribution in [0, 0.1) is 62.3 Å². The number of nitrogens with zero attached hydrogens (tertiary/aromatic N) is 2. The Labute approximate surface area is 288 Å². The lowest BCUT2D eigenvalue weighted by molar-refractivity contribution is -0.00436. The highest BCUT2D eigenvalue weighted by atomic mass is 32.2. The van der Waals surface area contributed by atoms with E-state index in [0.29, 0.717) is 17.4 Å². The van der Waals surface area contributed by atoms with Crippen LogP contribution in [-0.2, 0) is 9.84 Å². The van der Waals surface area contributed by atoms with Gasteiger partial charge in [-0.2, -0.15) is 4.79 Å². The number of rotatable bonds is 5. The molecule has 48 heavy (non-hydrogen) atoms. The molecule has 0 N–H and O–H groups in total. The number of sulfone groups is 1. The highest BCUT2D eigenvalue weighted by Gasteiger charge is 2.29. The lowest BCUT2D eigenvalue weighted by atomic mass is 9.75. The molecule has 4 aromatic rings. The van der Waals surface area contributed by atoms with Gasteiger partial charge in [0, 0.05) is 29.4 Å². The summed E-state index contributed by atoms with van der Waals surface area (Å²) in [5, 5.41) is 0. The van der Waals surface area contributed by atoms with Crippen LogP contribution in [0.3, 0.4) is 0 Å². The molecule has 5 rings (SSSR count). The van der Waals surface area contributed by atoms with Gasteiger partial charge in [0.2, 0.25) is 0 Å². The fourth-order valence-electron chi connectivity index (χ4n) is 6.48. The molecule has 1 atom stereocenters. The van der Waals surface area contributed by atoms with Crippen LogP contribution in [-0.4, -0.2) is 31.0 Å². The van der Waals surface area contributed by atoms with Crippen LogP contribution in [0.2, 0.25) is 0 Å². The highest BCUT2D eigenvalue weighted by Crippen LogP contribution is 2.41. The van der Waals surface area contributed by atoms with E-state index in [4.69, 9.17) is 5.53 Å². The molecule has 1 aliphatic carbocycles. The number of Topliss-reactive ketones (excluding diaryl/α,β-unsaturated/α-hetero) is 1. The van der Waals surface area contributed by atoms with Crippen molar-refractivity contribution in [3.63, 3.8) is 0 Å². The van der Waals surface area contributed by atoms with Gasteiger partial charge in [-0.3, -0.25) is 4.79 Å². The summed E-state index contributed by atoms with van der Waals surface area (Å²) < 4.78 is 23.1. The molecule has 6 heteroatoms. The smallest absolute Gasteiger partial charge is 0.361 e. The fraction of sp³-hybridized carbons (Fsp3) is 0.333. The van der Waals surface area contributed by atoms with Crippen molar-refractivity contribution in [3.8, 4) is 0 Å². The van der Waals surface area contributed by atoms with Crippen LogP contribution in [0.5, 0.6) is 0 Å². The number of ketones is 1. The van der Waals surface area contributed by atoms with Gasteiger partial charge in [-0.1, -0.05) is 62.9 Å². The average molecular weight is 663 g/mol. The number of carbonyl (C=O) groups is 1. The minimum atomic E-state index is -3.40. The molecule has 252 valence electrons. The topological polar surface area (TPSA) is 87.6 Å². The van der Waals surface area contributed by atoms with E-state index in [0.717, 1.165) is 6.26 Å². The molecule has 0 amide bonds. The summed E-state index contributed by atoms with van der Waals surface area (Å²) in [5.74, 6) is 0.240. The van der Waals surface area contributed by atoms with Crippen molar-refractivity contribution in [2.45, 2.75) is 93.4 Å². The Bertz CT molecular complexity index is 1970. The van der Waals surface area contributed by atoms with Gasteiger partial charge in [-0.25, -0.2) is 8.42 Å². The Hall–Kier alpha value is -4.38. The summed E-state index contributed by atoms with van der Waals surface area (Å²) in [6.07, 6.45) is 3.83. The van der Waals surface area contributed by atoms with Crippen LogP contribution in [0.25, 0.3) is 11.6 Å². The summed E-state index contributed by atoms with van der Waals surface area (Å²) in [6, 6.07) is 18.9. The average Bonchev–Trinajstić information content (AvgIpc) is 3.01. The molecule has 1 aliphatic rings. The molecule has 0 aliphatic heterocycles. The predicted molar refractivity (Wildman–Crippen MR) is 200 cm³/mol. The molecule has 0 heterocycles. The normalized spacial score (nSPS) is 12.9. The number of fused-ring (bicyclic) bond motifs is 1. The number of aryl methyl sites for hydroxylation is 6. The zero-order valence-corrected chi connectivity index (χ0v) is 30.3. The molecule has 0 saturated carbocycles. The van der Waals surface area contributed by atoms with Crippen molar-refractivity contribution >= 4 is 27.4 Å². The Kier molecular flexibility index (Phi) is 11.7. The number of hydrogen-bond acceptors (Lipinski definition) is 3. The molecule has 1 unspecified atom stereocenters. The summed E-state index contributed by atoms with van der Waals surface area (Å²) in [5.41, 5.74) is 25.9. The van der Waals surface area contributed by atoms with E-state index in [-0.39, 0.29) is 23.6 Å². The van der Waals surface area contributed by atoms with Crippen LogP contribution in [0.4, 0.5) is 0 Å². The largest absolute Gasteiger partial charge is 0.362 e. The molecular weight excluding hydrogens is 613 g/mol. The Morgan fingerprint density at radius 1 is 0.646 bits per heavy atom. The van der Waals surface area contributed by atoms with E-state index in [1.807, 2.05) is 0 Å². The number of carbonyl (C=O) groups excluding carboxylic acids is 1. The predicted octanol–water partition coefficient (Wildman–Crippen LogP) is 10.0. The SMILES string of the molecule is C.CS(=O)(=O)c1cccc2c1C=CC(=[N+]=[N-])C2=O.Cc1cc(C(C)C(c2cc(C)c(C)c(C)c2)c2cc(C)c(C)c(C)c2)cc(C)c1C. The molecule has 0 bridgehead atoms. The highest BCUT2D eigenvalue weighted by molar-refractivity contribution is 7.90. The van der Waals surface area contributed by atoms with Gasteiger partial charge in [0.15, 0.2) is 9.84 Å². The molecule has 4 aromatic carbocycles. The monoisotopic (exact) mass is 662 g/mol. The number of allylic oxidation sites excluding steroid dienone is 1. The molecule has 0 saturated heterocycles. The second kappa shape index (κ2) is 14.8. The van der Waals surface area contributed by atoms with E-state index in [1.165, 1.54) is 97.1 Å². The van der Waals surface area contributed by atoms with Gasteiger partial charge in [-0.15, -0.1) is 0 Å². The van der Waals surface area contributed by atoms with E-state index in [9.17, 15) is 13.2 Å². The van der Waals surface area contributed by atoms with E-state index >= 15 is 0 Å². The third kappa shape index (κ3) is 7.67. The van der Waals surface area contributed by atoms with Crippen LogP contribution < -0.4 is 0 Å². The van der Waals surface area contributed by atoms with Crippen molar-refractivity contribution < 1.29 is 18.0 Å². The van der Waals surface area contributed by atoms with E-state index in [2.05, 4.69) is 110 Å². The first-order chi connectivity index (χ1) is 22.0. The molecule has 0 spiro atoms. The molecular formula is C42H50N2O3S. The fourth-order valence-corrected chi connectivity index (χ4v) is 7.39. The van der Waals surface area contributed by atoms with Crippen molar-refractivity contribution in [3.05, 3.63) is 144 Å². The van der Waals surface area contributed by atoms with Crippen molar-refractivity contribution in [1.29, 1.82) is 0 Å². The molecule has 5 nitrogen and oxygen atoms in total. The van der Waals surface area contributed by atoms with Crippen molar-refractivity contribution in [1.82, 2.24) is 0 Å². The van der Waals surface area contributed by atoms with Gasteiger partial charge in [0.05, 0.1) is 4.90 Å². The second-order valence-electron chi connectivity index (χ2n) is 13.2.